The van der Waals surface area contributed by atoms with E-state index in [9.17, 15) is 0 Å². The van der Waals surface area contributed by atoms with Crippen molar-refractivity contribution in [3.05, 3.63) is 6.33 Å². The van der Waals surface area contributed by atoms with Crippen molar-refractivity contribution in [2.24, 2.45) is 5.92 Å². The van der Waals surface area contributed by atoms with E-state index in [1.165, 1.54) is 44.9 Å². The van der Waals surface area contributed by atoms with E-state index in [1.807, 2.05) is 0 Å². The van der Waals surface area contributed by atoms with Crippen molar-refractivity contribution in [1.82, 2.24) is 9.97 Å². The minimum atomic E-state index is 0.442. The van der Waals surface area contributed by atoms with Crippen molar-refractivity contribution in [3.63, 3.8) is 0 Å². The van der Waals surface area contributed by atoms with Crippen LogP contribution in [0.5, 0.6) is 5.88 Å². The molecule has 19 heavy (non-hydrogen) atoms. The first-order valence-corrected chi connectivity index (χ1v) is 7.15. The number of hydrogen-bond donors (Lipinski definition) is 2. The van der Waals surface area contributed by atoms with Gasteiger partial charge in [-0.1, -0.05) is 19.8 Å². The Kier molecular flexibility index (Phi) is 4.82. The number of nitrogen functional groups attached to an aromatic ring is 1. The fourth-order valence-electron chi connectivity index (χ4n) is 2.85. The minimum Gasteiger partial charge on any atom is -0.479 e. The van der Waals surface area contributed by atoms with Gasteiger partial charge in [0.05, 0.1) is 7.11 Å². The van der Waals surface area contributed by atoms with Crippen molar-refractivity contribution in [2.45, 2.75) is 51.5 Å². The number of anilines is 2. The molecule has 0 unspecified atom stereocenters. The van der Waals surface area contributed by atoms with E-state index in [2.05, 4.69) is 22.2 Å². The Labute approximate surface area is 115 Å². The second-order valence-corrected chi connectivity index (χ2v) is 5.30. The average Bonchev–Trinajstić information content (AvgIpc) is 2.43. The molecule has 2 rings (SSSR count). The van der Waals surface area contributed by atoms with Crippen LogP contribution >= 0.6 is 0 Å². The summed E-state index contributed by atoms with van der Waals surface area (Å²) in [5, 5.41) is 3.43. The third-order valence-corrected chi connectivity index (χ3v) is 3.93. The predicted molar refractivity (Wildman–Crippen MR) is 77.3 cm³/mol. The maximum atomic E-state index is 5.97. The molecule has 0 bridgehead atoms. The summed E-state index contributed by atoms with van der Waals surface area (Å²) in [6.07, 6.45) is 9.11. The molecular weight excluding hydrogens is 240 g/mol. The minimum absolute atomic E-state index is 0.442. The third kappa shape index (κ3) is 3.49. The Morgan fingerprint density at radius 2 is 2.05 bits per heavy atom. The van der Waals surface area contributed by atoms with Crippen molar-refractivity contribution < 1.29 is 4.74 Å². The van der Waals surface area contributed by atoms with Gasteiger partial charge in [0.25, 0.3) is 0 Å². The van der Waals surface area contributed by atoms with Gasteiger partial charge in [0.1, 0.15) is 12.0 Å². The largest absolute Gasteiger partial charge is 0.479 e. The lowest BCUT2D eigenvalue weighted by atomic mass is 9.83. The van der Waals surface area contributed by atoms with Crippen LogP contribution in [0.2, 0.25) is 0 Å². The normalized spacial score (nSPS) is 23.1. The lowest BCUT2D eigenvalue weighted by Gasteiger charge is -2.29. The van der Waals surface area contributed by atoms with Crippen molar-refractivity contribution in [3.8, 4) is 5.88 Å². The molecule has 1 aliphatic carbocycles. The first-order valence-electron chi connectivity index (χ1n) is 7.15. The highest BCUT2D eigenvalue weighted by Crippen LogP contribution is 2.31. The average molecular weight is 264 g/mol. The molecular formula is C14H24N4O. The predicted octanol–water partition coefficient (Wildman–Crippen LogP) is 2.84. The number of nitrogens with two attached hydrogens (primary N) is 1. The maximum absolute atomic E-state index is 5.97. The van der Waals surface area contributed by atoms with E-state index in [0.29, 0.717) is 23.4 Å². The summed E-state index contributed by atoms with van der Waals surface area (Å²) in [7, 11) is 1.57. The van der Waals surface area contributed by atoms with Gasteiger partial charge in [-0.3, -0.25) is 0 Å². The molecule has 1 fully saturated rings. The van der Waals surface area contributed by atoms with Crippen LogP contribution in [0.1, 0.15) is 45.4 Å². The van der Waals surface area contributed by atoms with Gasteiger partial charge in [-0.05, 0) is 31.6 Å². The number of aromatic nitrogens is 2. The zero-order valence-corrected chi connectivity index (χ0v) is 11.9. The lowest BCUT2D eigenvalue weighted by molar-refractivity contribution is 0.318. The molecule has 1 heterocycles. The highest BCUT2D eigenvalue weighted by molar-refractivity contribution is 5.66. The summed E-state index contributed by atoms with van der Waals surface area (Å²) in [4.78, 5) is 8.20. The van der Waals surface area contributed by atoms with Crippen LogP contribution in [0.15, 0.2) is 6.33 Å². The van der Waals surface area contributed by atoms with Gasteiger partial charge in [0, 0.05) is 6.04 Å². The van der Waals surface area contributed by atoms with E-state index in [4.69, 9.17) is 10.5 Å². The number of methoxy groups -OCH3 is 1. The van der Waals surface area contributed by atoms with Crippen LogP contribution in [0.25, 0.3) is 0 Å². The summed E-state index contributed by atoms with van der Waals surface area (Å²) in [6, 6.07) is 0.468. The van der Waals surface area contributed by atoms with Crippen LogP contribution in [-0.2, 0) is 0 Å². The molecule has 1 aromatic heterocycles. The lowest BCUT2D eigenvalue weighted by Crippen LogP contribution is -2.27. The fourth-order valence-corrected chi connectivity index (χ4v) is 2.85. The first-order chi connectivity index (χ1) is 9.24. The third-order valence-electron chi connectivity index (χ3n) is 3.93. The van der Waals surface area contributed by atoms with Crippen LogP contribution in [0, 0.1) is 5.92 Å². The molecule has 0 radical (unpaired) electrons. The first kappa shape index (κ1) is 13.9. The summed E-state index contributed by atoms with van der Waals surface area (Å²) >= 11 is 0. The van der Waals surface area contributed by atoms with E-state index in [0.717, 1.165) is 5.92 Å². The Morgan fingerprint density at radius 1 is 1.32 bits per heavy atom. The fraction of sp³-hybridized carbons (Fsp3) is 0.714. The van der Waals surface area contributed by atoms with Crippen LogP contribution in [0.4, 0.5) is 11.5 Å². The Hall–Kier alpha value is -1.52. The molecule has 1 saturated carbocycles. The topological polar surface area (TPSA) is 73.1 Å². The Balaban J connectivity index is 1.92. The SMILES string of the molecule is CCCC1CCC(Nc2ncnc(OC)c2N)CC1. The van der Waals surface area contributed by atoms with E-state index >= 15 is 0 Å². The molecule has 1 aromatic rings. The molecule has 0 spiro atoms. The smallest absolute Gasteiger partial charge is 0.242 e. The van der Waals surface area contributed by atoms with E-state index < -0.39 is 0 Å². The van der Waals surface area contributed by atoms with Gasteiger partial charge in [0.2, 0.25) is 5.88 Å². The zero-order chi connectivity index (χ0) is 13.7. The molecule has 5 heteroatoms. The van der Waals surface area contributed by atoms with Gasteiger partial charge >= 0.3 is 0 Å². The second kappa shape index (κ2) is 6.59. The van der Waals surface area contributed by atoms with Gasteiger partial charge in [0.15, 0.2) is 5.82 Å². The molecule has 0 amide bonds. The number of nitrogens with zero attached hydrogens (tertiary/aromatic N) is 2. The molecule has 0 aliphatic heterocycles. The Bertz CT molecular complexity index is 402. The molecule has 5 nitrogen and oxygen atoms in total. The number of hydrogen-bond acceptors (Lipinski definition) is 5. The van der Waals surface area contributed by atoms with Gasteiger partial charge in [-0.25, -0.2) is 4.98 Å². The standard InChI is InChI=1S/C14H24N4O/c1-3-4-10-5-7-11(8-6-10)18-13-12(15)14(19-2)17-9-16-13/h9-11H,3-8,15H2,1-2H3,(H,16,17,18). The molecule has 106 valence electrons. The maximum Gasteiger partial charge on any atom is 0.242 e. The van der Waals surface area contributed by atoms with Crippen molar-refractivity contribution >= 4 is 11.5 Å². The van der Waals surface area contributed by atoms with Gasteiger partial charge < -0.3 is 15.8 Å². The number of nitrogens with one attached hydrogen (secondary N) is 1. The van der Waals surface area contributed by atoms with Crippen LogP contribution in [0.3, 0.4) is 0 Å². The summed E-state index contributed by atoms with van der Waals surface area (Å²) in [5.74, 6) is 2.04. The summed E-state index contributed by atoms with van der Waals surface area (Å²) in [6.45, 7) is 2.26. The molecule has 1 aliphatic rings. The summed E-state index contributed by atoms with van der Waals surface area (Å²) in [5.41, 5.74) is 6.47. The summed E-state index contributed by atoms with van der Waals surface area (Å²) < 4.78 is 5.11. The molecule has 3 N–H and O–H groups in total. The van der Waals surface area contributed by atoms with Crippen molar-refractivity contribution in [1.29, 1.82) is 0 Å². The van der Waals surface area contributed by atoms with Crippen LogP contribution in [-0.4, -0.2) is 23.1 Å². The molecule has 0 saturated heterocycles. The van der Waals surface area contributed by atoms with Crippen LogP contribution < -0.4 is 15.8 Å². The number of ether oxygens (including phenoxy) is 1. The van der Waals surface area contributed by atoms with E-state index in [-0.39, 0.29) is 0 Å². The van der Waals surface area contributed by atoms with Gasteiger partial charge in [-0.2, -0.15) is 4.98 Å². The number of rotatable bonds is 5. The van der Waals surface area contributed by atoms with E-state index in [1.54, 1.807) is 7.11 Å². The monoisotopic (exact) mass is 264 g/mol. The zero-order valence-electron chi connectivity index (χ0n) is 11.9. The highest BCUT2D eigenvalue weighted by Gasteiger charge is 2.21. The second-order valence-electron chi connectivity index (χ2n) is 5.30. The highest BCUT2D eigenvalue weighted by atomic mass is 16.5. The Morgan fingerprint density at radius 3 is 2.68 bits per heavy atom. The van der Waals surface area contributed by atoms with Crippen molar-refractivity contribution in [2.75, 3.05) is 18.2 Å². The quantitative estimate of drug-likeness (QED) is 0.855. The molecule has 0 aromatic carbocycles. The molecule has 0 atom stereocenters. The van der Waals surface area contributed by atoms with Gasteiger partial charge in [-0.15, -0.1) is 0 Å².